The first-order valence-electron chi connectivity index (χ1n) is 12.0. The van der Waals surface area contributed by atoms with Crippen LogP contribution in [0.25, 0.3) is 20.5 Å². The van der Waals surface area contributed by atoms with E-state index in [1.165, 1.54) is 69.6 Å². The average Bonchev–Trinajstić information content (AvgIpc) is 3.39. The Morgan fingerprint density at radius 2 is 1.70 bits per heavy atom. The molecule has 1 saturated heterocycles. The number of benzene rings is 3. The summed E-state index contributed by atoms with van der Waals surface area (Å²) in [7, 11) is 1.73. The van der Waals surface area contributed by atoms with Crippen LogP contribution >= 0.6 is 11.3 Å². The second kappa shape index (κ2) is 8.85. The van der Waals surface area contributed by atoms with Crippen molar-refractivity contribution in [1.29, 1.82) is 0 Å². The third-order valence-electron chi connectivity index (χ3n) is 7.08. The summed E-state index contributed by atoms with van der Waals surface area (Å²) in [6.07, 6.45) is 4.02. The van der Waals surface area contributed by atoms with Gasteiger partial charge in [-0.25, -0.2) is 0 Å². The van der Waals surface area contributed by atoms with E-state index in [4.69, 9.17) is 9.47 Å². The summed E-state index contributed by atoms with van der Waals surface area (Å²) >= 11 is 1.88. The Hall–Kier alpha value is -2.82. The smallest absolute Gasteiger partial charge is 0.120 e. The lowest BCUT2D eigenvalue weighted by molar-refractivity contribution is 0.183. The van der Waals surface area contributed by atoms with E-state index in [0.717, 1.165) is 24.7 Å². The maximum atomic E-state index is 6.09. The van der Waals surface area contributed by atoms with Gasteiger partial charge in [-0.2, -0.15) is 0 Å². The van der Waals surface area contributed by atoms with Crippen molar-refractivity contribution in [3.8, 4) is 21.9 Å². The average molecular weight is 456 g/mol. The zero-order valence-corrected chi connectivity index (χ0v) is 19.9. The molecule has 0 saturated carbocycles. The highest BCUT2D eigenvalue weighted by Gasteiger charge is 2.33. The van der Waals surface area contributed by atoms with E-state index >= 15 is 0 Å². The maximum absolute atomic E-state index is 6.09. The number of fused-ring (bicyclic) bond motifs is 5. The molecule has 4 aromatic rings. The van der Waals surface area contributed by atoms with Crippen LogP contribution in [0.5, 0.6) is 11.5 Å². The summed E-state index contributed by atoms with van der Waals surface area (Å²) in [5.74, 6) is 2.13. The van der Waals surface area contributed by atoms with E-state index in [1.54, 1.807) is 7.11 Å². The molecule has 33 heavy (non-hydrogen) atoms. The highest BCUT2D eigenvalue weighted by atomic mass is 32.1. The zero-order chi connectivity index (χ0) is 22.2. The summed E-state index contributed by atoms with van der Waals surface area (Å²) in [4.78, 5) is 3.91. The molecule has 2 heterocycles. The zero-order valence-electron chi connectivity index (χ0n) is 19.0. The van der Waals surface area contributed by atoms with E-state index in [-0.39, 0.29) is 5.92 Å². The van der Waals surface area contributed by atoms with E-state index < -0.39 is 0 Å². The van der Waals surface area contributed by atoms with E-state index in [2.05, 4.69) is 71.6 Å². The van der Waals surface area contributed by atoms with Crippen LogP contribution in [-0.2, 0) is 0 Å². The van der Waals surface area contributed by atoms with Gasteiger partial charge in [0.2, 0.25) is 0 Å². The first-order valence-corrected chi connectivity index (χ1v) is 12.8. The van der Waals surface area contributed by atoms with Crippen LogP contribution in [0.2, 0.25) is 0 Å². The van der Waals surface area contributed by atoms with Gasteiger partial charge in [0.25, 0.3) is 0 Å². The third kappa shape index (κ3) is 3.81. The highest BCUT2D eigenvalue weighted by Crippen LogP contribution is 2.55. The molecule has 1 unspecified atom stereocenters. The summed E-state index contributed by atoms with van der Waals surface area (Å²) in [5, 5.41) is 1.33. The molecule has 6 rings (SSSR count). The second-order valence-electron chi connectivity index (χ2n) is 9.05. The Bertz CT molecular complexity index is 1270. The fourth-order valence-corrected chi connectivity index (χ4v) is 6.72. The molecule has 4 heteroatoms. The molecule has 3 nitrogen and oxygen atoms in total. The van der Waals surface area contributed by atoms with Gasteiger partial charge in [-0.3, -0.25) is 4.90 Å². The number of methoxy groups -OCH3 is 1. The second-order valence-corrected chi connectivity index (χ2v) is 10.1. The fourth-order valence-electron chi connectivity index (χ4n) is 5.40. The lowest BCUT2D eigenvalue weighted by atomic mass is 9.88. The summed E-state index contributed by atoms with van der Waals surface area (Å²) in [6.45, 7) is 4.20. The quantitative estimate of drug-likeness (QED) is 0.277. The van der Waals surface area contributed by atoms with Crippen LogP contribution in [0.15, 0.2) is 66.7 Å². The number of piperidine rings is 1. The van der Waals surface area contributed by atoms with Crippen LogP contribution in [0.1, 0.15) is 41.9 Å². The van der Waals surface area contributed by atoms with Gasteiger partial charge in [0.1, 0.15) is 18.1 Å². The van der Waals surface area contributed by atoms with Gasteiger partial charge in [0.15, 0.2) is 0 Å². The predicted octanol–water partition coefficient (Wildman–Crippen LogP) is 6.94. The van der Waals surface area contributed by atoms with Crippen molar-refractivity contribution in [3.05, 3.63) is 83.4 Å². The Labute approximate surface area is 199 Å². The highest BCUT2D eigenvalue weighted by molar-refractivity contribution is 7.22. The minimum Gasteiger partial charge on any atom is -0.497 e. The lowest BCUT2D eigenvalue weighted by Gasteiger charge is -2.26. The SMILES string of the molecule is COc1ccc2c3c(sc2c1)-c1ccccc1C3c1ccc(OCCN2CCCCC2)cc1. The maximum Gasteiger partial charge on any atom is 0.120 e. The summed E-state index contributed by atoms with van der Waals surface area (Å²) < 4.78 is 12.9. The number of ether oxygens (including phenoxy) is 2. The molecule has 0 N–H and O–H groups in total. The molecule has 1 aliphatic carbocycles. The van der Waals surface area contributed by atoms with Crippen molar-refractivity contribution < 1.29 is 9.47 Å². The van der Waals surface area contributed by atoms with Crippen LogP contribution in [0, 0.1) is 0 Å². The van der Waals surface area contributed by atoms with E-state index in [9.17, 15) is 0 Å². The minimum atomic E-state index is 0.251. The van der Waals surface area contributed by atoms with Crippen molar-refractivity contribution in [2.75, 3.05) is 33.4 Å². The lowest BCUT2D eigenvalue weighted by Crippen LogP contribution is -2.33. The predicted molar refractivity (Wildman–Crippen MR) is 137 cm³/mol. The Morgan fingerprint density at radius 3 is 2.52 bits per heavy atom. The van der Waals surface area contributed by atoms with Gasteiger partial charge >= 0.3 is 0 Å². The Morgan fingerprint density at radius 1 is 0.909 bits per heavy atom. The number of likely N-dealkylation sites (tertiary alicyclic amines) is 1. The van der Waals surface area contributed by atoms with E-state index in [0.29, 0.717) is 0 Å². The summed E-state index contributed by atoms with van der Waals surface area (Å²) in [5.41, 5.74) is 5.51. The van der Waals surface area contributed by atoms with Gasteiger partial charge in [0.05, 0.1) is 7.11 Å². The molecule has 0 bridgehead atoms. The van der Waals surface area contributed by atoms with Crippen LogP contribution in [-0.4, -0.2) is 38.3 Å². The Balaban J connectivity index is 1.28. The van der Waals surface area contributed by atoms with Gasteiger partial charge in [-0.05, 0) is 83.9 Å². The number of nitrogens with zero attached hydrogens (tertiary/aromatic N) is 1. The van der Waals surface area contributed by atoms with Crippen LogP contribution < -0.4 is 9.47 Å². The Kier molecular flexibility index (Phi) is 5.57. The van der Waals surface area contributed by atoms with Crippen molar-refractivity contribution in [3.63, 3.8) is 0 Å². The molecule has 1 fully saturated rings. The molecule has 0 spiro atoms. The van der Waals surface area contributed by atoms with Gasteiger partial charge in [-0.1, -0.05) is 42.8 Å². The molecule has 0 amide bonds. The van der Waals surface area contributed by atoms with Gasteiger partial charge < -0.3 is 9.47 Å². The molecule has 3 aromatic carbocycles. The molecular weight excluding hydrogens is 426 g/mol. The number of hydrogen-bond acceptors (Lipinski definition) is 4. The van der Waals surface area contributed by atoms with Gasteiger partial charge in [0, 0.05) is 22.0 Å². The molecule has 1 aliphatic heterocycles. The molecule has 2 aliphatic rings. The first kappa shape index (κ1) is 20.8. The first-order chi connectivity index (χ1) is 16.3. The molecule has 1 atom stereocenters. The monoisotopic (exact) mass is 455 g/mol. The number of thiophene rings is 1. The molecular formula is C29H29NO2S. The standard InChI is InChI=1S/C29H29NO2S/c1-31-22-13-14-25-26(19-22)33-29-24-8-4-3-7-23(24)27(28(25)29)20-9-11-21(12-10-20)32-18-17-30-15-5-2-6-16-30/h3-4,7-14,19,27H,2,5-6,15-18H2,1H3. The van der Waals surface area contributed by atoms with Crippen molar-refractivity contribution in [2.45, 2.75) is 25.2 Å². The molecule has 1 aromatic heterocycles. The van der Waals surface area contributed by atoms with Crippen LogP contribution in [0.3, 0.4) is 0 Å². The minimum absolute atomic E-state index is 0.251. The van der Waals surface area contributed by atoms with Crippen LogP contribution in [0.4, 0.5) is 0 Å². The third-order valence-corrected chi connectivity index (χ3v) is 8.28. The fraction of sp³-hybridized carbons (Fsp3) is 0.310. The normalized spacial score (nSPS) is 17.7. The largest absolute Gasteiger partial charge is 0.497 e. The van der Waals surface area contributed by atoms with Gasteiger partial charge in [-0.15, -0.1) is 11.3 Å². The molecule has 0 radical (unpaired) electrons. The number of rotatable bonds is 6. The topological polar surface area (TPSA) is 21.7 Å². The molecule has 168 valence electrons. The summed E-state index contributed by atoms with van der Waals surface area (Å²) in [6, 6.07) is 24.1. The van der Waals surface area contributed by atoms with Crippen molar-refractivity contribution in [1.82, 2.24) is 4.90 Å². The van der Waals surface area contributed by atoms with E-state index in [1.807, 2.05) is 11.3 Å². The van der Waals surface area contributed by atoms with Crippen molar-refractivity contribution >= 4 is 21.4 Å². The number of hydrogen-bond donors (Lipinski definition) is 0. The van der Waals surface area contributed by atoms with Crippen molar-refractivity contribution in [2.24, 2.45) is 0 Å².